The number of aryl methyl sites for hydroxylation is 1. The van der Waals surface area contributed by atoms with Crippen LogP contribution in [-0.2, 0) is 16.0 Å². The van der Waals surface area contributed by atoms with Gasteiger partial charge in [-0.15, -0.1) is 0 Å². The van der Waals surface area contributed by atoms with Crippen molar-refractivity contribution in [2.24, 2.45) is 0 Å². The molecule has 0 fully saturated rings. The smallest absolute Gasteiger partial charge is 0.303 e. The van der Waals surface area contributed by atoms with Gasteiger partial charge in [-0.3, -0.25) is 9.59 Å². The van der Waals surface area contributed by atoms with Crippen molar-refractivity contribution in [1.29, 1.82) is 0 Å². The van der Waals surface area contributed by atoms with Gasteiger partial charge in [-0.05, 0) is 37.0 Å². The van der Waals surface area contributed by atoms with Crippen molar-refractivity contribution < 1.29 is 14.7 Å². The second-order valence-corrected chi connectivity index (χ2v) is 5.06. The summed E-state index contributed by atoms with van der Waals surface area (Å²) in [4.78, 5) is 21.9. The van der Waals surface area contributed by atoms with Gasteiger partial charge in [-0.2, -0.15) is 0 Å². The van der Waals surface area contributed by atoms with Crippen LogP contribution in [0.15, 0.2) is 24.3 Å². The maximum atomic E-state index is 11.6. The largest absolute Gasteiger partial charge is 0.481 e. The van der Waals surface area contributed by atoms with Crippen LogP contribution >= 0.6 is 11.6 Å². The van der Waals surface area contributed by atoms with E-state index in [1.807, 2.05) is 24.3 Å². The zero-order valence-corrected chi connectivity index (χ0v) is 11.7. The first-order chi connectivity index (χ1) is 9.08. The lowest BCUT2D eigenvalue weighted by Crippen LogP contribution is -2.00. The number of hydrogen-bond acceptors (Lipinski definition) is 2. The Bertz CT molecular complexity index is 412. The highest BCUT2D eigenvalue weighted by molar-refractivity contribution is 6.30. The number of carboxylic acids is 1. The van der Waals surface area contributed by atoms with Gasteiger partial charge in [-0.25, -0.2) is 0 Å². The van der Waals surface area contributed by atoms with Crippen LogP contribution in [0.3, 0.4) is 0 Å². The van der Waals surface area contributed by atoms with E-state index < -0.39 is 5.97 Å². The van der Waals surface area contributed by atoms with E-state index in [0.717, 1.165) is 24.8 Å². The summed E-state index contributed by atoms with van der Waals surface area (Å²) in [5, 5.41) is 9.18. The van der Waals surface area contributed by atoms with Crippen LogP contribution in [0.5, 0.6) is 0 Å². The molecule has 1 rings (SSSR count). The van der Waals surface area contributed by atoms with Crippen LogP contribution in [0.25, 0.3) is 0 Å². The van der Waals surface area contributed by atoms with E-state index in [2.05, 4.69) is 0 Å². The highest BCUT2D eigenvalue weighted by atomic mass is 35.5. The predicted octanol–water partition coefficient (Wildman–Crippen LogP) is 3.88. The number of Topliss-reactive ketones (excluding diaryl/α,β-unsaturated/α-hetero) is 1. The number of carbonyl (C=O) groups excluding carboxylic acids is 1. The average molecular weight is 283 g/mol. The molecule has 0 radical (unpaired) electrons. The van der Waals surface area contributed by atoms with Gasteiger partial charge < -0.3 is 5.11 Å². The van der Waals surface area contributed by atoms with E-state index in [1.165, 1.54) is 0 Å². The fourth-order valence-corrected chi connectivity index (χ4v) is 1.96. The number of halogens is 1. The lowest BCUT2D eigenvalue weighted by Gasteiger charge is -2.02. The topological polar surface area (TPSA) is 54.4 Å². The Labute approximate surface area is 118 Å². The van der Waals surface area contributed by atoms with Crippen molar-refractivity contribution in [2.75, 3.05) is 0 Å². The third kappa shape index (κ3) is 7.62. The van der Waals surface area contributed by atoms with Crippen molar-refractivity contribution in [2.45, 2.75) is 44.9 Å². The fraction of sp³-hybridized carbons (Fsp3) is 0.467. The number of benzene rings is 1. The Morgan fingerprint density at radius 3 is 2.21 bits per heavy atom. The third-order valence-corrected chi connectivity index (χ3v) is 3.20. The molecule has 0 aliphatic heterocycles. The van der Waals surface area contributed by atoms with Crippen molar-refractivity contribution in [3.8, 4) is 0 Å². The quantitative estimate of drug-likeness (QED) is 0.699. The Morgan fingerprint density at radius 1 is 0.947 bits per heavy atom. The summed E-state index contributed by atoms with van der Waals surface area (Å²) in [6.07, 6.45) is 4.27. The highest BCUT2D eigenvalue weighted by Gasteiger charge is 2.03. The normalized spacial score (nSPS) is 10.4. The number of carboxylic acid groups (broad SMARTS) is 1. The molecule has 3 nitrogen and oxygen atoms in total. The highest BCUT2D eigenvalue weighted by Crippen LogP contribution is 2.12. The fourth-order valence-electron chi connectivity index (χ4n) is 1.84. The van der Waals surface area contributed by atoms with E-state index in [9.17, 15) is 9.59 Å². The van der Waals surface area contributed by atoms with Crippen molar-refractivity contribution >= 4 is 23.4 Å². The predicted molar refractivity (Wildman–Crippen MR) is 75.5 cm³/mol. The molecule has 0 unspecified atom stereocenters. The lowest BCUT2D eigenvalue weighted by atomic mass is 10.0. The Hall–Kier alpha value is -1.35. The van der Waals surface area contributed by atoms with Gasteiger partial charge in [0, 0.05) is 24.3 Å². The first-order valence-electron chi connectivity index (χ1n) is 6.56. The van der Waals surface area contributed by atoms with Gasteiger partial charge in [0.05, 0.1) is 0 Å². The number of ketones is 1. The number of aliphatic carboxylic acids is 1. The molecule has 1 N–H and O–H groups in total. The average Bonchev–Trinajstić information content (AvgIpc) is 2.37. The maximum absolute atomic E-state index is 11.6. The second-order valence-electron chi connectivity index (χ2n) is 4.62. The number of unbranched alkanes of at least 4 members (excludes halogenated alkanes) is 2. The standard InChI is InChI=1S/C15H19ClO3/c16-13-9-6-12(7-10-13)8-11-14(17)4-2-1-3-5-15(18)19/h6-7,9-10H,1-5,8,11H2,(H,18,19). The molecule has 1 aromatic carbocycles. The van der Waals surface area contributed by atoms with Crippen LogP contribution in [0, 0.1) is 0 Å². The van der Waals surface area contributed by atoms with E-state index in [1.54, 1.807) is 0 Å². The minimum Gasteiger partial charge on any atom is -0.481 e. The Balaban J connectivity index is 2.11. The van der Waals surface area contributed by atoms with Crippen LogP contribution in [0.4, 0.5) is 0 Å². The van der Waals surface area contributed by atoms with Gasteiger partial charge in [-0.1, -0.05) is 30.2 Å². The zero-order chi connectivity index (χ0) is 14.1. The van der Waals surface area contributed by atoms with Crippen LogP contribution in [0.2, 0.25) is 5.02 Å². The number of rotatable bonds is 9. The summed E-state index contributed by atoms with van der Waals surface area (Å²) in [6, 6.07) is 7.52. The summed E-state index contributed by atoms with van der Waals surface area (Å²) in [6.45, 7) is 0. The minimum atomic E-state index is -0.769. The molecule has 0 saturated carbocycles. The van der Waals surface area contributed by atoms with Gasteiger partial charge >= 0.3 is 5.97 Å². The maximum Gasteiger partial charge on any atom is 0.303 e. The molecule has 4 heteroatoms. The molecule has 1 aromatic rings. The first kappa shape index (κ1) is 15.7. The first-order valence-corrected chi connectivity index (χ1v) is 6.93. The third-order valence-electron chi connectivity index (χ3n) is 2.95. The lowest BCUT2D eigenvalue weighted by molar-refractivity contribution is -0.137. The van der Waals surface area contributed by atoms with Gasteiger partial charge in [0.15, 0.2) is 0 Å². The molecular weight excluding hydrogens is 264 g/mol. The molecule has 19 heavy (non-hydrogen) atoms. The molecular formula is C15H19ClO3. The molecule has 0 aliphatic rings. The molecule has 0 amide bonds. The SMILES string of the molecule is O=C(O)CCCCCC(=O)CCc1ccc(Cl)cc1. The molecule has 0 atom stereocenters. The van der Waals surface area contributed by atoms with Crippen LogP contribution in [-0.4, -0.2) is 16.9 Å². The number of carbonyl (C=O) groups is 2. The Morgan fingerprint density at radius 2 is 1.58 bits per heavy atom. The zero-order valence-electron chi connectivity index (χ0n) is 10.9. The van der Waals surface area contributed by atoms with Crippen molar-refractivity contribution in [1.82, 2.24) is 0 Å². The molecule has 104 valence electrons. The summed E-state index contributed by atoms with van der Waals surface area (Å²) in [7, 11) is 0. The summed E-state index contributed by atoms with van der Waals surface area (Å²) in [5.41, 5.74) is 1.11. The molecule has 0 spiro atoms. The summed E-state index contributed by atoms with van der Waals surface area (Å²) >= 11 is 5.79. The van der Waals surface area contributed by atoms with Crippen molar-refractivity contribution in [3.05, 3.63) is 34.9 Å². The van der Waals surface area contributed by atoms with Gasteiger partial charge in [0.2, 0.25) is 0 Å². The van der Waals surface area contributed by atoms with E-state index in [0.29, 0.717) is 24.3 Å². The van der Waals surface area contributed by atoms with Crippen LogP contribution < -0.4 is 0 Å². The Kier molecular flexibility index (Phi) is 7.19. The molecule has 0 aromatic heterocycles. The van der Waals surface area contributed by atoms with E-state index in [4.69, 9.17) is 16.7 Å². The summed E-state index contributed by atoms with van der Waals surface area (Å²) in [5.74, 6) is -0.528. The molecule has 0 aliphatic carbocycles. The monoisotopic (exact) mass is 282 g/mol. The van der Waals surface area contributed by atoms with Gasteiger partial charge in [0.25, 0.3) is 0 Å². The summed E-state index contributed by atoms with van der Waals surface area (Å²) < 4.78 is 0. The van der Waals surface area contributed by atoms with E-state index >= 15 is 0 Å². The molecule has 0 saturated heterocycles. The minimum absolute atomic E-state index is 0.193. The molecule has 0 heterocycles. The van der Waals surface area contributed by atoms with E-state index in [-0.39, 0.29) is 12.2 Å². The van der Waals surface area contributed by atoms with Gasteiger partial charge in [0.1, 0.15) is 5.78 Å². The van der Waals surface area contributed by atoms with Crippen molar-refractivity contribution in [3.63, 3.8) is 0 Å². The molecule has 0 bridgehead atoms. The second kappa shape index (κ2) is 8.70. The van der Waals surface area contributed by atoms with Crippen LogP contribution in [0.1, 0.15) is 44.1 Å². The number of hydrogen-bond donors (Lipinski definition) is 1.